The lowest BCUT2D eigenvalue weighted by Gasteiger charge is -2.18. The van der Waals surface area contributed by atoms with Gasteiger partial charge in [0.2, 0.25) is 0 Å². The largest absolute Gasteiger partial charge is 0.383 e. The maximum Gasteiger partial charge on any atom is 0.317 e. The molecule has 1 rings (SSSR count). The molecule has 0 saturated carbocycles. The molecule has 1 aliphatic rings. The Balaban J connectivity index is 0.000000671. The molecule has 13 heavy (non-hydrogen) atoms. The van der Waals surface area contributed by atoms with Crippen molar-refractivity contribution in [3.63, 3.8) is 0 Å². The van der Waals surface area contributed by atoms with Crippen LogP contribution in [0.4, 0.5) is 4.79 Å². The van der Waals surface area contributed by atoms with Gasteiger partial charge in [-0.15, -0.1) is 0 Å². The van der Waals surface area contributed by atoms with Gasteiger partial charge < -0.3 is 15.0 Å². The number of ether oxygens (including phenoxy) is 1. The lowest BCUT2D eigenvalue weighted by atomic mass is 10.3. The van der Waals surface area contributed by atoms with Crippen LogP contribution >= 0.6 is 0 Å². The summed E-state index contributed by atoms with van der Waals surface area (Å²) in [6.07, 6.45) is 0. The predicted molar refractivity (Wildman–Crippen MR) is 52.8 cm³/mol. The van der Waals surface area contributed by atoms with Crippen molar-refractivity contribution in [3.8, 4) is 0 Å². The fourth-order valence-corrected chi connectivity index (χ4v) is 1.16. The van der Waals surface area contributed by atoms with Crippen LogP contribution in [0.5, 0.6) is 0 Å². The van der Waals surface area contributed by atoms with Crippen LogP contribution in [0, 0.1) is 0 Å². The van der Waals surface area contributed by atoms with Crippen molar-refractivity contribution in [1.29, 1.82) is 0 Å². The van der Waals surface area contributed by atoms with E-state index >= 15 is 0 Å². The fourth-order valence-electron chi connectivity index (χ4n) is 1.16. The second-order valence-electron chi connectivity index (χ2n) is 2.72. The van der Waals surface area contributed by atoms with E-state index < -0.39 is 0 Å². The summed E-state index contributed by atoms with van der Waals surface area (Å²) >= 11 is 0. The van der Waals surface area contributed by atoms with Crippen LogP contribution in [0.2, 0.25) is 0 Å². The van der Waals surface area contributed by atoms with Crippen LogP contribution in [-0.4, -0.2) is 43.8 Å². The number of amides is 2. The van der Waals surface area contributed by atoms with E-state index in [-0.39, 0.29) is 6.03 Å². The molecule has 78 valence electrons. The summed E-state index contributed by atoms with van der Waals surface area (Å²) in [4.78, 5) is 12.8. The normalized spacial score (nSPS) is 20.8. The van der Waals surface area contributed by atoms with Gasteiger partial charge in [0.1, 0.15) is 0 Å². The summed E-state index contributed by atoms with van der Waals surface area (Å²) < 4.78 is 4.88. The molecule has 0 aliphatic carbocycles. The Morgan fingerprint density at radius 1 is 1.62 bits per heavy atom. The van der Waals surface area contributed by atoms with Gasteiger partial charge in [-0.3, -0.25) is 0 Å². The summed E-state index contributed by atoms with van der Waals surface area (Å²) in [6.45, 7) is 8.07. The monoisotopic (exact) mass is 188 g/mol. The third kappa shape index (κ3) is 3.63. The lowest BCUT2D eigenvalue weighted by molar-refractivity contribution is 0.150. The first-order valence-corrected chi connectivity index (χ1v) is 4.79. The van der Waals surface area contributed by atoms with E-state index in [0.29, 0.717) is 19.2 Å². The Morgan fingerprint density at radius 2 is 2.23 bits per heavy atom. The highest BCUT2D eigenvalue weighted by Crippen LogP contribution is 2.04. The molecule has 0 bridgehead atoms. The first kappa shape index (κ1) is 12.2. The number of carbonyl (C=O) groups is 1. The van der Waals surface area contributed by atoms with E-state index in [1.165, 1.54) is 0 Å². The third-order valence-corrected chi connectivity index (χ3v) is 1.88. The lowest BCUT2D eigenvalue weighted by Crippen LogP contribution is -2.35. The predicted octanol–water partition coefficient (Wildman–Crippen LogP) is 1.07. The molecule has 0 aromatic rings. The van der Waals surface area contributed by atoms with Crippen molar-refractivity contribution in [2.75, 3.05) is 26.8 Å². The molecule has 1 N–H and O–H groups in total. The van der Waals surface area contributed by atoms with Crippen LogP contribution in [0.1, 0.15) is 20.8 Å². The maximum atomic E-state index is 11.0. The molecule has 1 heterocycles. The van der Waals surface area contributed by atoms with Crippen molar-refractivity contribution in [3.05, 3.63) is 0 Å². The van der Waals surface area contributed by atoms with E-state index in [1.54, 1.807) is 12.0 Å². The number of nitrogens with one attached hydrogen (secondary N) is 1. The number of hydrogen-bond donors (Lipinski definition) is 1. The van der Waals surface area contributed by atoms with Gasteiger partial charge in [-0.2, -0.15) is 0 Å². The summed E-state index contributed by atoms with van der Waals surface area (Å²) in [5.74, 6) is 0. The van der Waals surface area contributed by atoms with E-state index in [0.717, 1.165) is 6.54 Å². The summed E-state index contributed by atoms with van der Waals surface area (Å²) in [7, 11) is 1.64. The molecular weight excluding hydrogens is 168 g/mol. The van der Waals surface area contributed by atoms with Crippen molar-refractivity contribution in [1.82, 2.24) is 10.2 Å². The van der Waals surface area contributed by atoms with Gasteiger partial charge in [-0.25, -0.2) is 4.79 Å². The van der Waals surface area contributed by atoms with Crippen molar-refractivity contribution in [2.45, 2.75) is 26.8 Å². The Kier molecular flexibility index (Phi) is 6.32. The van der Waals surface area contributed by atoms with Crippen molar-refractivity contribution in [2.24, 2.45) is 0 Å². The van der Waals surface area contributed by atoms with Crippen molar-refractivity contribution >= 4 is 6.03 Å². The second-order valence-corrected chi connectivity index (χ2v) is 2.72. The first-order chi connectivity index (χ1) is 6.25. The average molecular weight is 188 g/mol. The van der Waals surface area contributed by atoms with Gasteiger partial charge in [0.05, 0.1) is 6.61 Å². The van der Waals surface area contributed by atoms with Gasteiger partial charge in [-0.05, 0) is 6.92 Å². The molecular formula is C9H20N2O2. The Labute approximate surface area is 80.2 Å². The SMILES string of the molecule is CC.COCCN1C(=O)NC[C@@H]1C. The van der Waals surface area contributed by atoms with Crippen molar-refractivity contribution < 1.29 is 9.53 Å². The van der Waals surface area contributed by atoms with Crippen LogP contribution in [0.3, 0.4) is 0 Å². The summed E-state index contributed by atoms with van der Waals surface area (Å²) in [6, 6.07) is 0.326. The molecule has 4 nitrogen and oxygen atoms in total. The number of methoxy groups -OCH3 is 1. The Morgan fingerprint density at radius 3 is 2.62 bits per heavy atom. The zero-order valence-electron chi connectivity index (χ0n) is 8.96. The fraction of sp³-hybridized carbons (Fsp3) is 0.889. The second kappa shape index (κ2) is 6.71. The van der Waals surface area contributed by atoms with Gasteiger partial charge in [0.15, 0.2) is 0 Å². The number of rotatable bonds is 3. The zero-order valence-corrected chi connectivity index (χ0v) is 8.96. The van der Waals surface area contributed by atoms with E-state index in [2.05, 4.69) is 5.32 Å². The van der Waals surface area contributed by atoms with Crippen LogP contribution in [-0.2, 0) is 4.74 Å². The maximum absolute atomic E-state index is 11.0. The molecule has 0 spiro atoms. The minimum absolute atomic E-state index is 0.0227. The van der Waals surface area contributed by atoms with Gasteiger partial charge in [0.25, 0.3) is 0 Å². The van der Waals surface area contributed by atoms with E-state index in [9.17, 15) is 4.79 Å². The average Bonchev–Trinajstić information content (AvgIpc) is 2.47. The number of urea groups is 1. The standard InChI is InChI=1S/C7H14N2O2.C2H6/c1-6-5-8-7(10)9(6)3-4-11-2;1-2/h6H,3-5H2,1-2H3,(H,8,10);1-2H3/t6-;/m0./s1. The Hall–Kier alpha value is -0.770. The molecule has 1 atom stereocenters. The molecule has 4 heteroatoms. The summed E-state index contributed by atoms with van der Waals surface area (Å²) in [5, 5.41) is 2.76. The minimum Gasteiger partial charge on any atom is -0.383 e. The van der Waals surface area contributed by atoms with Crippen LogP contribution in [0.15, 0.2) is 0 Å². The Bertz CT molecular complexity index is 151. The highest BCUT2D eigenvalue weighted by Gasteiger charge is 2.25. The molecule has 2 amide bonds. The van der Waals surface area contributed by atoms with E-state index in [1.807, 2.05) is 20.8 Å². The molecule has 1 saturated heterocycles. The van der Waals surface area contributed by atoms with Crippen LogP contribution in [0.25, 0.3) is 0 Å². The number of nitrogens with zero attached hydrogens (tertiary/aromatic N) is 1. The molecule has 0 aromatic carbocycles. The quantitative estimate of drug-likeness (QED) is 0.720. The highest BCUT2D eigenvalue weighted by molar-refractivity contribution is 5.76. The highest BCUT2D eigenvalue weighted by atomic mass is 16.5. The summed E-state index contributed by atoms with van der Waals surface area (Å²) in [5.41, 5.74) is 0. The molecule has 0 unspecified atom stereocenters. The zero-order chi connectivity index (χ0) is 10.3. The smallest absolute Gasteiger partial charge is 0.317 e. The topological polar surface area (TPSA) is 41.6 Å². The van der Waals surface area contributed by atoms with E-state index in [4.69, 9.17) is 4.74 Å². The van der Waals surface area contributed by atoms with Gasteiger partial charge in [-0.1, -0.05) is 13.8 Å². The van der Waals surface area contributed by atoms with Gasteiger partial charge >= 0.3 is 6.03 Å². The number of carbonyl (C=O) groups excluding carboxylic acids is 1. The van der Waals surface area contributed by atoms with Gasteiger partial charge in [0, 0.05) is 26.2 Å². The third-order valence-electron chi connectivity index (χ3n) is 1.88. The number of hydrogen-bond acceptors (Lipinski definition) is 2. The molecule has 1 fully saturated rings. The molecule has 0 aromatic heterocycles. The molecule has 1 aliphatic heterocycles. The first-order valence-electron chi connectivity index (χ1n) is 4.79. The molecule has 0 radical (unpaired) electrons. The van der Waals surface area contributed by atoms with Crippen LogP contribution < -0.4 is 5.32 Å². The minimum atomic E-state index is 0.0227.